The van der Waals surface area contributed by atoms with Gasteiger partial charge in [-0.3, -0.25) is 29.3 Å². The van der Waals surface area contributed by atoms with E-state index in [-0.39, 0.29) is 21.2 Å². The van der Waals surface area contributed by atoms with E-state index in [4.69, 9.17) is 69.6 Å². The monoisotopic (exact) mass is 663 g/mol. The van der Waals surface area contributed by atoms with Crippen LogP contribution in [0.1, 0.15) is 26.3 Å². The number of non-ortho nitro benzene ring substituents is 1. The second-order valence-corrected chi connectivity index (χ2v) is 12.8. The maximum Gasteiger partial charge on any atom is 0.273 e. The lowest BCUT2D eigenvalue weighted by atomic mass is 9.84. The molecule has 15 heteroatoms. The van der Waals surface area contributed by atoms with Crippen molar-refractivity contribution in [3.63, 3.8) is 0 Å². The Morgan fingerprint density at radius 3 is 1.95 bits per heavy atom. The summed E-state index contributed by atoms with van der Waals surface area (Å²) in [5, 5.41) is 11.7. The number of aryl methyl sites for hydroxylation is 1. The van der Waals surface area contributed by atoms with Gasteiger partial charge < -0.3 is 0 Å². The fourth-order valence-electron chi connectivity index (χ4n) is 5.32. The van der Waals surface area contributed by atoms with Crippen LogP contribution < -0.4 is 0 Å². The predicted octanol–water partition coefficient (Wildman–Crippen LogP) is 5.59. The highest BCUT2D eigenvalue weighted by atomic mass is 35.5. The molecule has 3 aliphatic rings. The van der Waals surface area contributed by atoms with Crippen LogP contribution in [0.4, 0.5) is 5.69 Å². The van der Waals surface area contributed by atoms with Crippen molar-refractivity contribution in [2.75, 3.05) is 6.54 Å². The van der Waals surface area contributed by atoms with Gasteiger partial charge in [-0.1, -0.05) is 82.3 Å². The van der Waals surface area contributed by atoms with Gasteiger partial charge in [0.15, 0.2) is 10.1 Å². The molecular formula is C25H15Cl6N3O6. The molecule has 0 N–H and O–H groups in total. The minimum Gasteiger partial charge on any atom is -0.292 e. The number of nitro groups is 1. The summed E-state index contributed by atoms with van der Waals surface area (Å²) in [6, 6.07) is 10.9. The molecule has 5 rings (SSSR count). The van der Waals surface area contributed by atoms with Crippen LogP contribution in [0.15, 0.2) is 58.6 Å². The molecule has 0 spiro atoms. The normalized spacial score (nSPS) is 28.2. The van der Waals surface area contributed by atoms with Gasteiger partial charge in [0.1, 0.15) is 16.3 Å². The number of Topliss-reactive ketones (excluding diaryl/α,β-unsaturated/α-hetero) is 1. The molecule has 2 aromatic carbocycles. The smallest absolute Gasteiger partial charge is 0.273 e. The molecule has 3 amide bonds. The highest BCUT2D eigenvalue weighted by Crippen LogP contribution is 2.77. The molecule has 4 atom stereocenters. The Labute approximate surface area is 256 Å². The first-order chi connectivity index (χ1) is 18.6. The summed E-state index contributed by atoms with van der Waals surface area (Å²) in [6.45, 7) is 1.01. The number of hydrogen-bond acceptors (Lipinski definition) is 6. The van der Waals surface area contributed by atoms with Gasteiger partial charge in [0.05, 0.1) is 26.8 Å². The van der Waals surface area contributed by atoms with E-state index in [0.717, 1.165) is 17.7 Å². The third kappa shape index (κ3) is 3.68. The Bertz CT molecular complexity index is 1520. The van der Waals surface area contributed by atoms with Gasteiger partial charge in [-0.05, 0) is 13.0 Å². The molecule has 1 aliphatic heterocycles. The lowest BCUT2D eigenvalue weighted by Gasteiger charge is -2.36. The van der Waals surface area contributed by atoms with Crippen molar-refractivity contribution < 1.29 is 24.1 Å². The number of carbonyl (C=O) groups is 4. The Hall–Kier alpha value is -2.40. The number of benzene rings is 2. The van der Waals surface area contributed by atoms with Crippen LogP contribution in [0.3, 0.4) is 0 Å². The third-order valence-electron chi connectivity index (χ3n) is 7.33. The number of ketones is 1. The van der Waals surface area contributed by atoms with Crippen LogP contribution >= 0.6 is 69.6 Å². The number of fused-ring (bicyclic) bond motifs is 5. The molecule has 1 saturated heterocycles. The van der Waals surface area contributed by atoms with E-state index in [0.29, 0.717) is 10.0 Å². The Morgan fingerprint density at radius 1 is 0.925 bits per heavy atom. The zero-order chi connectivity index (χ0) is 29.5. The van der Waals surface area contributed by atoms with Crippen molar-refractivity contribution >= 4 is 98.8 Å². The number of allylic oxidation sites excluding steroid dienone is 2. The molecule has 208 valence electrons. The molecule has 1 heterocycles. The molecular weight excluding hydrogens is 651 g/mol. The molecule has 2 bridgehead atoms. The van der Waals surface area contributed by atoms with E-state index >= 15 is 0 Å². The average Bonchev–Trinajstić information content (AvgIpc) is 3.30. The Kier molecular flexibility index (Phi) is 6.97. The van der Waals surface area contributed by atoms with Gasteiger partial charge in [0, 0.05) is 23.3 Å². The van der Waals surface area contributed by atoms with E-state index in [9.17, 15) is 29.3 Å². The number of alkyl halides is 4. The predicted molar refractivity (Wildman–Crippen MR) is 149 cm³/mol. The van der Waals surface area contributed by atoms with Crippen molar-refractivity contribution in [3.8, 4) is 0 Å². The van der Waals surface area contributed by atoms with Crippen LogP contribution in [0, 0.1) is 28.9 Å². The standard InChI is InChI=1S/C25H15Cl6N3O6/c1-11-5-7-12(8-6-11)15(35)10-32(20(36)13-3-2-4-14(9-13)34(39)40)33-21(37)16-17(22(33)38)24(29)19(27)18(26)23(16,28)25(24,30)31/h2-9,16-17H,10H2,1H3/t16-,17-,23+,24+/m0/s1. The first-order valence-electron chi connectivity index (χ1n) is 11.5. The third-order valence-corrected chi connectivity index (χ3v) is 11.6. The minimum absolute atomic E-state index is 0.178. The van der Waals surface area contributed by atoms with Crippen molar-refractivity contribution in [3.05, 3.63) is 85.4 Å². The van der Waals surface area contributed by atoms with Gasteiger partial charge in [-0.2, -0.15) is 5.01 Å². The Morgan fingerprint density at radius 2 is 1.45 bits per heavy atom. The van der Waals surface area contributed by atoms with E-state index in [1.165, 1.54) is 24.3 Å². The number of carbonyl (C=O) groups excluding carboxylic acids is 4. The summed E-state index contributed by atoms with van der Waals surface area (Å²) in [7, 11) is 0. The number of hydrogen-bond donors (Lipinski definition) is 0. The number of imide groups is 1. The summed E-state index contributed by atoms with van der Waals surface area (Å²) in [5.41, 5.74) is 0.338. The number of amides is 3. The first kappa shape index (κ1) is 29.1. The van der Waals surface area contributed by atoms with E-state index in [1.54, 1.807) is 12.1 Å². The average molecular weight is 666 g/mol. The zero-order valence-electron chi connectivity index (χ0n) is 20.0. The van der Waals surface area contributed by atoms with Gasteiger partial charge in [-0.15, -0.1) is 23.2 Å². The number of nitro benzene ring substituents is 1. The highest BCUT2D eigenvalue weighted by Gasteiger charge is 2.88. The molecule has 9 nitrogen and oxygen atoms in total. The van der Waals surface area contributed by atoms with Crippen molar-refractivity contribution in [1.82, 2.24) is 10.0 Å². The molecule has 0 unspecified atom stereocenters. The van der Waals surface area contributed by atoms with Crippen LogP contribution in [0.25, 0.3) is 0 Å². The fourth-order valence-corrected chi connectivity index (χ4v) is 8.25. The number of halogens is 6. The lowest BCUT2D eigenvalue weighted by Crippen LogP contribution is -2.56. The van der Waals surface area contributed by atoms with E-state index in [1.807, 2.05) is 6.92 Å². The van der Waals surface area contributed by atoms with Gasteiger partial charge >= 0.3 is 0 Å². The molecule has 2 fully saturated rings. The zero-order valence-corrected chi connectivity index (χ0v) is 24.6. The largest absolute Gasteiger partial charge is 0.292 e. The SMILES string of the molecule is Cc1ccc(C(=O)CN(C(=O)c2cccc([N+](=O)[O-])c2)N2C(=O)[C@@H]3[C@@H](C2=O)[C@@]2(Cl)C(Cl)=C(Cl)[C@@]3(Cl)C2(Cl)Cl)cc1. The van der Waals surface area contributed by atoms with E-state index < -0.39 is 66.6 Å². The summed E-state index contributed by atoms with van der Waals surface area (Å²) < 4.78 is -2.20. The number of rotatable bonds is 6. The topological polar surface area (TPSA) is 118 Å². The second-order valence-electron chi connectivity index (χ2n) is 9.53. The summed E-state index contributed by atoms with van der Waals surface area (Å²) in [6.07, 6.45) is 0. The van der Waals surface area contributed by atoms with Gasteiger partial charge in [0.2, 0.25) is 0 Å². The first-order valence-corrected chi connectivity index (χ1v) is 13.7. The fraction of sp³-hybridized carbons (Fsp3) is 0.280. The summed E-state index contributed by atoms with van der Waals surface area (Å²) >= 11 is 39.2. The van der Waals surface area contributed by atoms with E-state index in [2.05, 4.69) is 0 Å². The van der Waals surface area contributed by atoms with Crippen LogP contribution in [-0.2, 0) is 9.59 Å². The molecule has 1 saturated carbocycles. The summed E-state index contributed by atoms with van der Waals surface area (Å²) in [5.74, 6) is -6.93. The van der Waals surface area contributed by atoms with Crippen molar-refractivity contribution in [1.29, 1.82) is 0 Å². The van der Waals surface area contributed by atoms with Gasteiger partial charge in [-0.25, -0.2) is 5.01 Å². The Balaban J connectivity index is 1.61. The molecule has 2 aliphatic carbocycles. The maximum atomic E-state index is 13.9. The molecule has 2 aromatic rings. The van der Waals surface area contributed by atoms with Crippen molar-refractivity contribution in [2.45, 2.75) is 21.0 Å². The number of nitrogens with zero attached hydrogens (tertiary/aromatic N) is 3. The van der Waals surface area contributed by atoms with Gasteiger partial charge in [0.25, 0.3) is 23.4 Å². The minimum atomic E-state index is -2.20. The molecule has 0 aromatic heterocycles. The van der Waals surface area contributed by atoms with Crippen molar-refractivity contribution in [2.24, 2.45) is 11.8 Å². The lowest BCUT2D eigenvalue weighted by molar-refractivity contribution is -0.384. The highest BCUT2D eigenvalue weighted by molar-refractivity contribution is 6.66. The second kappa shape index (κ2) is 9.58. The summed E-state index contributed by atoms with van der Waals surface area (Å²) in [4.78, 5) is 61.2. The number of hydrazine groups is 1. The quantitative estimate of drug-likeness (QED) is 0.131. The molecule has 40 heavy (non-hydrogen) atoms. The molecule has 0 radical (unpaired) electrons. The maximum absolute atomic E-state index is 13.9. The van der Waals surface area contributed by atoms with Crippen LogP contribution in [0.5, 0.6) is 0 Å². The van der Waals surface area contributed by atoms with Crippen LogP contribution in [0.2, 0.25) is 0 Å². The van der Waals surface area contributed by atoms with Crippen LogP contribution in [-0.4, -0.2) is 59.1 Å².